The molecule has 0 saturated heterocycles. The van der Waals surface area contributed by atoms with Gasteiger partial charge in [0.2, 0.25) is 0 Å². The van der Waals surface area contributed by atoms with Gasteiger partial charge in [0, 0.05) is 11.2 Å². The van der Waals surface area contributed by atoms with Crippen molar-refractivity contribution >= 4 is 34.6 Å². The second-order valence-electron chi connectivity index (χ2n) is 11.3. The maximum Gasteiger partial charge on any atom is 0.260 e. The average Bonchev–Trinajstić information content (AvgIpc) is 3.04. The van der Waals surface area contributed by atoms with E-state index in [4.69, 9.17) is 14.5 Å². The Bertz CT molecular complexity index is 1530. The predicted molar refractivity (Wildman–Crippen MR) is 153 cm³/mol. The zero-order chi connectivity index (χ0) is 25.5. The molecule has 4 nitrogen and oxygen atoms in total. The van der Waals surface area contributed by atoms with Gasteiger partial charge in [0.25, 0.3) is 6.71 Å². The molecule has 3 heterocycles. The highest BCUT2D eigenvalue weighted by atomic mass is 16.5. The molecule has 0 N–H and O–H groups in total. The standard InChI is InChI=1S/C32H29BN2O2/c1-20-34-31(2,3)32(4,5)35(20)23-16-14-21(15-17-23)22-18-28-30-29(19-22)37-27-13-9-7-11-25(27)33(30)24-10-6-8-12-26(24)36-28/h6-19H,1-5H3. The predicted octanol–water partition coefficient (Wildman–Crippen LogP) is 5.88. The summed E-state index contributed by atoms with van der Waals surface area (Å²) in [6, 6.07) is 29.7. The lowest BCUT2D eigenvalue weighted by molar-refractivity contribution is 0.338. The third kappa shape index (κ3) is 3.13. The maximum absolute atomic E-state index is 6.47. The highest BCUT2D eigenvalue weighted by Gasteiger charge is 2.48. The van der Waals surface area contributed by atoms with Gasteiger partial charge in [-0.2, -0.15) is 0 Å². The van der Waals surface area contributed by atoms with Gasteiger partial charge in [-0.1, -0.05) is 48.5 Å². The molecule has 4 aromatic rings. The van der Waals surface area contributed by atoms with Crippen molar-refractivity contribution in [2.24, 2.45) is 4.99 Å². The van der Waals surface area contributed by atoms with E-state index in [0.29, 0.717) is 0 Å². The Hall–Kier alpha value is -3.99. The molecule has 0 unspecified atom stereocenters. The zero-order valence-corrected chi connectivity index (χ0v) is 21.9. The Morgan fingerprint density at radius 1 is 0.676 bits per heavy atom. The molecule has 0 amide bonds. The number of nitrogens with zero attached hydrogens (tertiary/aromatic N) is 2. The number of benzene rings is 4. The average molecular weight is 484 g/mol. The minimum Gasteiger partial charge on any atom is -0.458 e. The SMILES string of the molecule is CC1=NC(C)(C)C(C)(C)N1c1ccc(-c2cc3c4c(c2)Oc2ccccc2B4c2ccccc2O3)cc1. The van der Waals surface area contributed by atoms with Crippen LogP contribution in [0, 0.1) is 0 Å². The van der Waals surface area contributed by atoms with E-state index in [1.165, 1.54) is 10.9 Å². The van der Waals surface area contributed by atoms with Crippen LogP contribution in [-0.4, -0.2) is 23.6 Å². The van der Waals surface area contributed by atoms with E-state index in [1.807, 2.05) is 12.1 Å². The quantitative estimate of drug-likeness (QED) is 0.288. The van der Waals surface area contributed by atoms with Gasteiger partial charge in [-0.15, -0.1) is 0 Å². The van der Waals surface area contributed by atoms with Crippen LogP contribution in [0.2, 0.25) is 0 Å². The van der Waals surface area contributed by atoms with Gasteiger partial charge in [0.15, 0.2) is 0 Å². The monoisotopic (exact) mass is 484 g/mol. The van der Waals surface area contributed by atoms with Crippen LogP contribution in [0.5, 0.6) is 23.0 Å². The van der Waals surface area contributed by atoms with Crippen molar-refractivity contribution in [1.82, 2.24) is 0 Å². The van der Waals surface area contributed by atoms with Crippen molar-refractivity contribution in [3.05, 3.63) is 84.9 Å². The van der Waals surface area contributed by atoms with Crippen LogP contribution in [0.25, 0.3) is 11.1 Å². The summed E-state index contributed by atoms with van der Waals surface area (Å²) in [4.78, 5) is 7.29. The van der Waals surface area contributed by atoms with Gasteiger partial charge >= 0.3 is 0 Å². The topological polar surface area (TPSA) is 34.1 Å². The fraction of sp³-hybridized carbons (Fsp3) is 0.219. The van der Waals surface area contributed by atoms with Crippen LogP contribution in [0.3, 0.4) is 0 Å². The summed E-state index contributed by atoms with van der Waals surface area (Å²) in [6.45, 7) is 11.1. The summed E-state index contributed by atoms with van der Waals surface area (Å²) in [5, 5.41) is 0. The highest BCUT2D eigenvalue weighted by molar-refractivity contribution is 6.98. The van der Waals surface area contributed by atoms with Crippen molar-refractivity contribution in [2.45, 2.75) is 45.7 Å². The van der Waals surface area contributed by atoms with Crippen molar-refractivity contribution in [3.8, 4) is 34.1 Å². The minimum absolute atomic E-state index is 0.0966. The van der Waals surface area contributed by atoms with Crippen LogP contribution >= 0.6 is 0 Å². The van der Waals surface area contributed by atoms with Crippen LogP contribution < -0.4 is 30.8 Å². The number of fused-ring (bicyclic) bond motifs is 4. The molecule has 0 bridgehead atoms. The minimum atomic E-state index is -0.158. The third-order valence-electron chi connectivity index (χ3n) is 8.57. The Labute approximate surface area is 218 Å². The number of aliphatic imine (C=N–C) groups is 1. The normalized spacial score (nSPS) is 17.7. The molecule has 0 atom stereocenters. The van der Waals surface area contributed by atoms with Crippen LogP contribution in [0.15, 0.2) is 89.9 Å². The van der Waals surface area contributed by atoms with Crippen molar-refractivity contribution in [1.29, 1.82) is 0 Å². The second-order valence-corrected chi connectivity index (χ2v) is 11.3. The van der Waals surface area contributed by atoms with Crippen LogP contribution in [-0.2, 0) is 0 Å². The van der Waals surface area contributed by atoms with E-state index in [9.17, 15) is 0 Å². The summed E-state index contributed by atoms with van der Waals surface area (Å²) >= 11 is 0. The summed E-state index contributed by atoms with van der Waals surface area (Å²) in [5.74, 6) is 4.58. The molecule has 0 aliphatic carbocycles. The first-order valence-electron chi connectivity index (χ1n) is 12.9. The van der Waals surface area contributed by atoms with E-state index < -0.39 is 0 Å². The number of rotatable bonds is 2. The first kappa shape index (κ1) is 22.2. The Kier molecular flexibility index (Phi) is 4.52. The molecule has 182 valence electrons. The molecule has 3 aliphatic rings. The lowest BCUT2D eigenvalue weighted by atomic mass is 9.35. The number of ether oxygens (including phenoxy) is 2. The van der Waals surface area contributed by atoms with Crippen molar-refractivity contribution in [2.75, 3.05) is 4.90 Å². The fourth-order valence-corrected chi connectivity index (χ4v) is 6.14. The number of hydrogen-bond donors (Lipinski definition) is 0. The number of para-hydroxylation sites is 2. The molecule has 4 aromatic carbocycles. The van der Waals surface area contributed by atoms with Crippen molar-refractivity contribution in [3.63, 3.8) is 0 Å². The van der Waals surface area contributed by atoms with Crippen LogP contribution in [0.4, 0.5) is 5.69 Å². The first-order chi connectivity index (χ1) is 17.7. The maximum atomic E-state index is 6.47. The molecule has 3 aliphatic heterocycles. The molecule has 5 heteroatoms. The zero-order valence-electron chi connectivity index (χ0n) is 21.9. The van der Waals surface area contributed by atoms with Gasteiger partial charge < -0.3 is 14.4 Å². The lowest BCUT2D eigenvalue weighted by Crippen LogP contribution is -2.57. The Morgan fingerprint density at radius 2 is 1.22 bits per heavy atom. The second kappa shape index (κ2) is 7.52. The summed E-state index contributed by atoms with van der Waals surface area (Å²) in [6.07, 6.45) is 0. The third-order valence-corrected chi connectivity index (χ3v) is 8.57. The lowest BCUT2D eigenvalue weighted by Gasteiger charge is -2.41. The van der Waals surface area contributed by atoms with E-state index in [2.05, 4.69) is 112 Å². The molecule has 0 fully saturated rings. The number of anilines is 1. The van der Waals surface area contributed by atoms with Gasteiger partial charge in [-0.3, -0.25) is 4.99 Å². The summed E-state index contributed by atoms with van der Waals surface area (Å²) < 4.78 is 12.9. The highest BCUT2D eigenvalue weighted by Crippen LogP contribution is 2.42. The fourth-order valence-electron chi connectivity index (χ4n) is 6.14. The van der Waals surface area contributed by atoms with E-state index in [1.54, 1.807) is 0 Å². The molecule has 0 radical (unpaired) electrons. The molecular weight excluding hydrogens is 455 g/mol. The summed E-state index contributed by atoms with van der Waals surface area (Å²) in [5.41, 5.74) is 6.52. The first-order valence-corrected chi connectivity index (χ1v) is 12.9. The Balaban J connectivity index is 1.32. The molecule has 37 heavy (non-hydrogen) atoms. The molecule has 0 spiro atoms. The Morgan fingerprint density at radius 3 is 1.73 bits per heavy atom. The van der Waals surface area contributed by atoms with Gasteiger partial charge in [0.1, 0.15) is 28.8 Å². The van der Waals surface area contributed by atoms with Crippen LogP contribution in [0.1, 0.15) is 34.6 Å². The molecule has 0 aromatic heterocycles. The van der Waals surface area contributed by atoms with E-state index >= 15 is 0 Å². The number of hydrogen-bond acceptors (Lipinski definition) is 4. The van der Waals surface area contributed by atoms with E-state index in [-0.39, 0.29) is 17.8 Å². The summed E-state index contributed by atoms with van der Waals surface area (Å²) in [7, 11) is 0. The van der Waals surface area contributed by atoms with Gasteiger partial charge in [0.05, 0.1) is 11.1 Å². The van der Waals surface area contributed by atoms with Gasteiger partial charge in [-0.25, -0.2) is 0 Å². The van der Waals surface area contributed by atoms with Crippen molar-refractivity contribution < 1.29 is 9.47 Å². The van der Waals surface area contributed by atoms with E-state index in [0.717, 1.165) is 51.1 Å². The number of amidine groups is 1. The largest absolute Gasteiger partial charge is 0.458 e. The molecule has 7 rings (SSSR count). The smallest absolute Gasteiger partial charge is 0.260 e. The van der Waals surface area contributed by atoms with Gasteiger partial charge in [-0.05, 0) is 93.1 Å². The molecule has 0 saturated carbocycles. The molecular formula is C32H29BN2O2.